The summed E-state index contributed by atoms with van der Waals surface area (Å²) in [6, 6.07) is 8.46. The molecule has 0 bridgehead atoms. The monoisotopic (exact) mass is 430 g/mol. The number of non-ortho nitro benzene ring substituents is 1. The fourth-order valence-electron chi connectivity index (χ4n) is 2.59. The zero-order chi connectivity index (χ0) is 21.8. The average Bonchev–Trinajstić information content (AvgIpc) is 3.04. The molecule has 0 aromatic heterocycles. The summed E-state index contributed by atoms with van der Waals surface area (Å²) in [4.78, 5) is 38.0. The van der Waals surface area contributed by atoms with Crippen molar-refractivity contribution in [2.75, 3.05) is 6.61 Å². The molecule has 9 nitrogen and oxygen atoms in total. The summed E-state index contributed by atoms with van der Waals surface area (Å²) in [7, 11) is 0. The number of hydrogen-bond donors (Lipinski definition) is 0. The van der Waals surface area contributed by atoms with Crippen LogP contribution in [0.5, 0.6) is 11.5 Å². The zero-order valence-corrected chi connectivity index (χ0v) is 16.6. The number of benzene rings is 2. The van der Waals surface area contributed by atoms with E-state index >= 15 is 0 Å². The molecule has 0 unspecified atom stereocenters. The predicted molar refractivity (Wildman–Crippen MR) is 108 cm³/mol. The molecule has 0 radical (unpaired) electrons. The van der Waals surface area contributed by atoms with E-state index in [1.807, 2.05) is 0 Å². The van der Waals surface area contributed by atoms with Gasteiger partial charge in [-0.05, 0) is 36.8 Å². The third-order valence-corrected chi connectivity index (χ3v) is 4.17. The standard InChI is InChI=1S/C20H15ClN2O7/c1-3-28-18-9-12(4-7-17(18)29-11(2)24)8-16-20(25)30-19(22-16)14-10-13(23(26)27)5-6-15(14)21/h4-10H,3H2,1-2H3/b16-8-. The number of carbonyl (C=O) groups is 2. The van der Waals surface area contributed by atoms with Gasteiger partial charge in [0, 0.05) is 19.1 Å². The van der Waals surface area contributed by atoms with Gasteiger partial charge in [0.15, 0.2) is 17.2 Å². The quantitative estimate of drug-likeness (QED) is 0.224. The molecule has 2 aromatic rings. The topological polar surface area (TPSA) is 117 Å². The zero-order valence-electron chi connectivity index (χ0n) is 15.9. The Morgan fingerprint density at radius 1 is 1.27 bits per heavy atom. The fraction of sp³-hybridized carbons (Fsp3) is 0.150. The van der Waals surface area contributed by atoms with Crippen molar-refractivity contribution in [1.82, 2.24) is 0 Å². The Morgan fingerprint density at radius 2 is 2.03 bits per heavy atom. The number of rotatable bonds is 6. The molecule has 0 atom stereocenters. The van der Waals surface area contributed by atoms with Crippen molar-refractivity contribution in [3.05, 3.63) is 68.4 Å². The first-order valence-electron chi connectivity index (χ1n) is 8.70. The first-order chi connectivity index (χ1) is 14.3. The van der Waals surface area contributed by atoms with Crippen LogP contribution in [0.3, 0.4) is 0 Å². The van der Waals surface area contributed by atoms with Crippen LogP contribution < -0.4 is 9.47 Å². The van der Waals surface area contributed by atoms with Crippen molar-refractivity contribution in [2.45, 2.75) is 13.8 Å². The van der Waals surface area contributed by atoms with Crippen LogP contribution in [-0.4, -0.2) is 29.4 Å². The number of ether oxygens (including phenoxy) is 3. The van der Waals surface area contributed by atoms with E-state index in [0.717, 1.165) is 0 Å². The molecule has 1 aliphatic rings. The minimum Gasteiger partial charge on any atom is -0.490 e. The highest BCUT2D eigenvalue weighted by molar-refractivity contribution is 6.34. The molecular weight excluding hydrogens is 416 g/mol. The van der Waals surface area contributed by atoms with Crippen LogP contribution in [0.15, 0.2) is 47.1 Å². The summed E-state index contributed by atoms with van der Waals surface area (Å²) < 4.78 is 15.7. The van der Waals surface area contributed by atoms with Crippen LogP contribution in [0.2, 0.25) is 5.02 Å². The summed E-state index contributed by atoms with van der Waals surface area (Å²) in [5.41, 5.74) is 0.419. The van der Waals surface area contributed by atoms with Gasteiger partial charge in [-0.1, -0.05) is 17.7 Å². The van der Waals surface area contributed by atoms with Gasteiger partial charge < -0.3 is 14.2 Å². The van der Waals surface area contributed by atoms with Crippen LogP contribution in [0.25, 0.3) is 6.08 Å². The molecule has 0 N–H and O–H groups in total. The highest BCUT2D eigenvalue weighted by atomic mass is 35.5. The number of aliphatic imine (C=N–C) groups is 1. The van der Waals surface area contributed by atoms with Gasteiger partial charge in [-0.3, -0.25) is 14.9 Å². The lowest BCUT2D eigenvalue weighted by Crippen LogP contribution is -2.06. The number of hydrogen-bond acceptors (Lipinski definition) is 8. The lowest BCUT2D eigenvalue weighted by Gasteiger charge is -2.10. The van der Waals surface area contributed by atoms with E-state index in [2.05, 4.69) is 4.99 Å². The second-order valence-corrected chi connectivity index (χ2v) is 6.40. The van der Waals surface area contributed by atoms with Crippen LogP contribution >= 0.6 is 11.6 Å². The van der Waals surface area contributed by atoms with E-state index in [4.69, 9.17) is 25.8 Å². The van der Waals surface area contributed by atoms with E-state index in [1.54, 1.807) is 19.1 Å². The Kier molecular flexibility index (Phi) is 6.12. The molecule has 3 rings (SSSR count). The van der Waals surface area contributed by atoms with Crippen molar-refractivity contribution in [1.29, 1.82) is 0 Å². The molecule has 2 aromatic carbocycles. The normalized spacial score (nSPS) is 14.3. The van der Waals surface area contributed by atoms with Gasteiger partial charge in [-0.2, -0.15) is 0 Å². The summed E-state index contributed by atoms with van der Waals surface area (Å²) in [5, 5.41) is 11.1. The second-order valence-electron chi connectivity index (χ2n) is 5.99. The first-order valence-corrected chi connectivity index (χ1v) is 9.08. The Labute approximate surface area is 175 Å². The Hall–Kier alpha value is -3.72. The van der Waals surface area contributed by atoms with Gasteiger partial charge in [-0.15, -0.1) is 0 Å². The molecule has 1 aliphatic heterocycles. The maximum absolute atomic E-state index is 12.2. The number of nitro benzene ring substituents is 1. The highest BCUT2D eigenvalue weighted by Crippen LogP contribution is 2.31. The summed E-state index contributed by atoms with van der Waals surface area (Å²) in [6.45, 7) is 3.38. The Morgan fingerprint density at radius 3 is 2.70 bits per heavy atom. The van der Waals surface area contributed by atoms with Crippen LogP contribution in [-0.2, 0) is 14.3 Å². The number of nitrogens with zero attached hydrogens (tertiary/aromatic N) is 2. The Balaban J connectivity index is 1.96. The van der Waals surface area contributed by atoms with E-state index in [-0.39, 0.29) is 33.6 Å². The molecule has 1 heterocycles. The van der Waals surface area contributed by atoms with E-state index < -0.39 is 16.9 Å². The summed E-state index contributed by atoms with van der Waals surface area (Å²) in [5.74, 6) is -0.812. The maximum atomic E-state index is 12.2. The second kappa shape index (κ2) is 8.75. The SMILES string of the molecule is CCOc1cc(/C=C2\N=C(c3cc([N+](=O)[O-])ccc3Cl)OC2=O)ccc1OC(C)=O. The van der Waals surface area contributed by atoms with Crippen LogP contribution in [0, 0.1) is 10.1 Å². The average molecular weight is 431 g/mol. The third kappa shape index (κ3) is 4.64. The molecule has 10 heteroatoms. The summed E-state index contributed by atoms with van der Waals surface area (Å²) >= 11 is 6.08. The molecule has 0 saturated carbocycles. The predicted octanol–water partition coefficient (Wildman–Crippen LogP) is 3.92. The maximum Gasteiger partial charge on any atom is 0.363 e. The number of nitro groups is 1. The van der Waals surface area contributed by atoms with Gasteiger partial charge in [-0.25, -0.2) is 9.79 Å². The lowest BCUT2D eigenvalue weighted by atomic mass is 10.1. The highest BCUT2D eigenvalue weighted by Gasteiger charge is 2.27. The van der Waals surface area contributed by atoms with Gasteiger partial charge in [0.05, 0.1) is 22.1 Å². The molecule has 154 valence electrons. The minimum absolute atomic E-state index is 0.0322. The van der Waals surface area contributed by atoms with E-state index in [1.165, 1.54) is 37.3 Å². The van der Waals surface area contributed by atoms with E-state index in [0.29, 0.717) is 17.9 Å². The number of carbonyl (C=O) groups excluding carboxylic acids is 2. The van der Waals surface area contributed by atoms with Crippen LogP contribution in [0.4, 0.5) is 5.69 Å². The molecule has 0 spiro atoms. The first kappa shape index (κ1) is 21.0. The number of halogens is 1. The molecule has 0 fully saturated rings. The van der Waals surface area contributed by atoms with Crippen molar-refractivity contribution in [3.8, 4) is 11.5 Å². The van der Waals surface area contributed by atoms with Gasteiger partial charge >= 0.3 is 11.9 Å². The molecule has 0 amide bonds. The van der Waals surface area contributed by atoms with Gasteiger partial charge in [0.2, 0.25) is 5.90 Å². The minimum atomic E-state index is -0.741. The Bertz CT molecular complexity index is 1110. The molecule has 30 heavy (non-hydrogen) atoms. The van der Waals surface area contributed by atoms with Crippen molar-refractivity contribution < 1.29 is 28.7 Å². The molecular formula is C20H15ClN2O7. The largest absolute Gasteiger partial charge is 0.490 e. The fourth-order valence-corrected chi connectivity index (χ4v) is 2.79. The van der Waals surface area contributed by atoms with E-state index in [9.17, 15) is 19.7 Å². The molecule has 0 aliphatic carbocycles. The van der Waals surface area contributed by atoms with Crippen molar-refractivity contribution in [2.24, 2.45) is 4.99 Å². The van der Waals surface area contributed by atoms with Gasteiger partial charge in [0.1, 0.15) is 0 Å². The van der Waals surface area contributed by atoms with Crippen molar-refractivity contribution >= 4 is 41.2 Å². The van der Waals surface area contributed by atoms with Crippen molar-refractivity contribution in [3.63, 3.8) is 0 Å². The van der Waals surface area contributed by atoms with Gasteiger partial charge in [0.25, 0.3) is 5.69 Å². The number of esters is 2. The molecule has 0 saturated heterocycles. The van der Waals surface area contributed by atoms with Crippen LogP contribution in [0.1, 0.15) is 25.0 Å². The lowest BCUT2D eigenvalue weighted by molar-refractivity contribution is -0.384. The smallest absolute Gasteiger partial charge is 0.363 e. The third-order valence-electron chi connectivity index (χ3n) is 3.84. The summed E-state index contributed by atoms with van der Waals surface area (Å²) in [6.07, 6.45) is 1.45. The number of cyclic esters (lactones) is 1.